The van der Waals surface area contributed by atoms with Crippen molar-refractivity contribution in [1.29, 1.82) is 0 Å². The molecule has 110 valence electrons. The maximum atomic E-state index is 12.0. The lowest BCUT2D eigenvalue weighted by molar-refractivity contribution is 0.490. The van der Waals surface area contributed by atoms with E-state index in [0.717, 1.165) is 18.4 Å². The number of aryl methyl sites for hydroxylation is 1. The Morgan fingerprint density at radius 1 is 1.30 bits per heavy atom. The Morgan fingerprint density at radius 3 is 2.45 bits per heavy atom. The molecule has 0 amide bonds. The molecule has 0 spiro atoms. The monoisotopic (exact) mass is 294 g/mol. The van der Waals surface area contributed by atoms with E-state index in [9.17, 15) is 8.42 Å². The van der Waals surface area contributed by atoms with Crippen LogP contribution >= 0.6 is 0 Å². The minimum absolute atomic E-state index is 0.177. The summed E-state index contributed by atoms with van der Waals surface area (Å²) in [5.74, 6) is 0. The molecule has 0 atom stereocenters. The molecule has 4 nitrogen and oxygen atoms in total. The van der Waals surface area contributed by atoms with Crippen molar-refractivity contribution in [3.05, 3.63) is 42.5 Å². The van der Waals surface area contributed by atoms with Gasteiger partial charge in [0.2, 0.25) is 0 Å². The van der Waals surface area contributed by atoms with Gasteiger partial charge in [-0.05, 0) is 31.9 Å². The van der Waals surface area contributed by atoms with Gasteiger partial charge in [-0.3, -0.25) is 0 Å². The lowest BCUT2D eigenvalue weighted by atomic mass is 9.89. The summed E-state index contributed by atoms with van der Waals surface area (Å²) < 4.78 is 24.0. The van der Waals surface area contributed by atoms with E-state index in [-0.39, 0.29) is 10.3 Å². The molecule has 5 heteroatoms. The minimum Gasteiger partial charge on any atom is -0.200 e. The molecule has 20 heavy (non-hydrogen) atoms. The molecule has 0 saturated carbocycles. The molecule has 0 unspecified atom stereocenters. The fourth-order valence-corrected chi connectivity index (χ4v) is 2.37. The fraction of sp³-hybridized carbons (Fsp3) is 0.400. The van der Waals surface area contributed by atoms with Gasteiger partial charge < -0.3 is 0 Å². The first-order chi connectivity index (χ1) is 9.27. The number of sulfonamides is 1. The summed E-state index contributed by atoms with van der Waals surface area (Å²) in [6, 6.07) is 6.64. The molecule has 0 radical (unpaired) electrons. The first-order valence-corrected chi connectivity index (χ1v) is 7.99. The molecule has 1 aromatic rings. The second-order valence-electron chi connectivity index (χ2n) is 5.48. The number of hydrogen-bond donors (Lipinski definition) is 1. The summed E-state index contributed by atoms with van der Waals surface area (Å²) in [6.07, 6.45) is 5.20. The zero-order valence-electron chi connectivity index (χ0n) is 12.3. The molecule has 1 rings (SSSR count). The van der Waals surface area contributed by atoms with E-state index in [4.69, 9.17) is 0 Å². The zero-order valence-corrected chi connectivity index (χ0v) is 13.1. The third-order valence-corrected chi connectivity index (χ3v) is 4.15. The Hall–Kier alpha value is -1.62. The maximum absolute atomic E-state index is 12.0. The number of hydrazone groups is 1. The third-order valence-electron chi connectivity index (χ3n) is 2.91. The normalized spacial score (nSPS) is 12.6. The fourth-order valence-electron chi connectivity index (χ4n) is 1.58. The molecule has 0 aliphatic rings. The second kappa shape index (κ2) is 6.70. The molecule has 0 aromatic heterocycles. The van der Waals surface area contributed by atoms with Crippen LogP contribution in [-0.4, -0.2) is 14.6 Å². The van der Waals surface area contributed by atoms with Gasteiger partial charge in [0.15, 0.2) is 0 Å². The van der Waals surface area contributed by atoms with Crippen LogP contribution in [0.4, 0.5) is 0 Å². The van der Waals surface area contributed by atoms with E-state index in [1.165, 1.54) is 0 Å². The summed E-state index contributed by atoms with van der Waals surface area (Å²) in [5, 5.41) is 3.87. The minimum atomic E-state index is -3.59. The highest BCUT2D eigenvalue weighted by atomic mass is 32.2. The summed E-state index contributed by atoms with van der Waals surface area (Å²) >= 11 is 0. The van der Waals surface area contributed by atoms with Crippen molar-refractivity contribution in [3.8, 4) is 0 Å². The van der Waals surface area contributed by atoms with Crippen LogP contribution in [0.1, 0.15) is 32.3 Å². The number of nitrogens with one attached hydrogen (secondary N) is 1. The molecular formula is C15H22N2O2S. The van der Waals surface area contributed by atoms with Crippen molar-refractivity contribution >= 4 is 16.2 Å². The van der Waals surface area contributed by atoms with Crippen molar-refractivity contribution < 1.29 is 8.42 Å². The van der Waals surface area contributed by atoms with Crippen LogP contribution in [0.5, 0.6) is 0 Å². The largest absolute Gasteiger partial charge is 0.276 e. The number of hydrogen-bond acceptors (Lipinski definition) is 3. The van der Waals surface area contributed by atoms with Gasteiger partial charge in [-0.25, -0.2) is 4.83 Å². The average Bonchev–Trinajstić information content (AvgIpc) is 2.36. The van der Waals surface area contributed by atoms with Crippen molar-refractivity contribution in [3.63, 3.8) is 0 Å². The number of benzene rings is 1. The highest BCUT2D eigenvalue weighted by Gasteiger charge is 2.15. The molecule has 1 N–H and O–H groups in total. The van der Waals surface area contributed by atoms with Crippen LogP contribution in [0.15, 0.2) is 46.9 Å². The Kier molecular flexibility index (Phi) is 5.51. The number of rotatable bonds is 7. The average molecular weight is 294 g/mol. The summed E-state index contributed by atoms with van der Waals surface area (Å²) in [6.45, 7) is 9.58. The maximum Gasteiger partial charge on any atom is 0.276 e. The van der Waals surface area contributed by atoms with Crippen molar-refractivity contribution in [2.75, 3.05) is 0 Å². The number of nitrogens with zero attached hydrogens (tertiary/aromatic N) is 1. The highest BCUT2D eigenvalue weighted by Crippen LogP contribution is 2.19. The van der Waals surface area contributed by atoms with E-state index < -0.39 is 10.0 Å². The lowest BCUT2D eigenvalue weighted by Crippen LogP contribution is -2.21. The van der Waals surface area contributed by atoms with E-state index in [0.29, 0.717) is 0 Å². The Bertz CT molecular complexity index is 572. The third kappa shape index (κ3) is 5.17. The second-order valence-corrected chi connectivity index (χ2v) is 7.14. The summed E-state index contributed by atoms with van der Waals surface area (Å²) in [7, 11) is -3.59. The SMILES string of the molecule is C=CCCC(C)(C)/C=N/NS(=O)(=O)c1ccc(C)cc1. The van der Waals surface area contributed by atoms with Crippen LogP contribution in [0.25, 0.3) is 0 Å². The summed E-state index contributed by atoms with van der Waals surface area (Å²) in [5.41, 5.74) is 0.835. The highest BCUT2D eigenvalue weighted by molar-refractivity contribution is 7.89. The first kappa shape index (κ1) is 16.4. The van der Waals surface area contributed by atoms with Gasteiger partial charge in [-0.15, -0.1) is 6.58 Å². The Morgan fingerprint density at radius 2 is 1.90 bits per heavy atom. The van der Waals surface area contributed by atoms with Crippen LogP contribution in [0.2, 0.25) is 0 Å². The van der Waals surface area contributed by atoms with Gasteiger partial charge in [0, 0.05) is 11.6 Å². The number of allylic oxidation sites excluding steroid dienone is 1. The Balaban J connectivity index is 2.72. The molecule has 0 aliphatic carbocycles. The molecular weight excluding hydrogens is 272 g/mol. The van der Waals surface area contributed by atoms with E-state index in [1.807, 2.05) is 26.8 Å². The van der Waals surface area contributed by atoms with Crippen molar-refractivity contribution in [2.24, 2.45) is 10.5 Å². The van der Waals surface area contributed by atoms with E-state index in [1.54, 1.807) is 30.5 Å². The van der Waals surface area contributed by atoms with Crippen LogP contribution in [-0.2, 0) is 10.0 Å². The predicted octanol–water partition coefficient (Wildman–Crippen LogP) is 3.25. The molecule has 0 aliphatic heterocycles. The van der Waals surface area contributed by atoms with Gasteiger partial charge >= 0.3 is 0 Å². The standard InChI is InChI=1S/C15H22N2O2S/c1-5-6-11-15(3,4)12-16-17-20(18,19)14-9-7-13(2)8-10-14/h5,7-10,12,17H,1,6,11H2,2-4H3/b16-12+. The van der Waals surface area contributed by atoms with Gasteiger partial charge in [-0.1, -0.05) is 37.6 Å². The predicted molar refractivity (Wildman–Crippen MR) is 83.2 cm³/mol. The van der Waals surface area contributed by atoms with Gasteiger partial charge in [0.1, 0.15) is 0 Å². The van der Waals surface area contributed by atoms with Crippen LogP contribution < -0.4 is 4.83 Å². The van der Waals surface area contributed by atoms with E-state index in [2.05, 4.69) is 16.5 Å². The van der Waals surface area contributed by atoms with Gasteiger partial charge in [0.05, 0.1) is 4.90 Å². The quantitative estimate of drug-likeness (QED) is 0.477. The lowest BCUT2D eigenvalue weighted by Gasteiger charge is -2.17. The molecule has 0 bridgehead atoms. The molecule has 0 fully saturated rings. The topological polar surface area (TPSA) is 58.5 Å². The van der Waals surface area contributed by atoms with Gasteiger partial charge in [-0.2, -0.15) is 13.5 Å². The molecule has 1 aromatic carbocycles. The molecule has 0 saturated heterocycles. The van der Waals surface area contributed by atoms with Crippen LogP contribution in [0, 0.1) is 12.3 Å². The smallest absolute Gasteiger partial charge is 0.200 e. The summed E-state index contributed by atoms with van der Waals surface area (Å²) in [4.78, 5) is 2.46. The van der Waals surface area contributed by atoms with Crippen LogP contribution in [0.3, 0.4) is 0 Å². The first-order valence-electron chi connectivity index (χ1n) is 6.50. The van der Waals surface area contributed by atoms with Crippen molar-refractivity contribution in [1.82, 2.24) is 4.83 Å². The Labute approximate surface area is 121 Å². The molecule has 0 heterocycles. The van der Waals surface area contributed by atoms with Crippen molar-refractivity contribution in [2.45, 2.75) is 38.5 Å². The van der Waals surface area contributed by atoms with Gasteiger partial charge in [0.25, 0.3) is 10.0 Å². The van der Waals surface area contributed by atoms with E-state index >= 15 is 0 Å². The zero-order chi connectivity index (χ0) is 15.2.